The fourth-order valence-electron chi connectivity index (χ4n) is 3.57. The highest BCUT2D eigenvalue weighted by atomic mass is 32.2. The van der Waals surface area contributed by atoms with Gasteiger partial charge in [0.25, 0.3) is 0 Å². The Hall–Kier alpha value is -2.61. The van der Waals surface area contributed by atoms with Crippen molar-refractivity contribution in [2.45, 2.75) is 36.0 Å². The number of benzene rings is 2. The Morgan fingerprint density at radius 1 is 0.968 bits per heavy atom. The number of nitrogens with zero attached hydrogens (tertiary/aromatic N) is 2. The molecule has 2 aromatic heterocycles. The number of hydrogen-bond acceptors (Lipinski definition) is 3. The Balaban J connectivity index is 1.70. The van der Waals surface area contributed by atoms with Gasteiger partial charge >= 0.3 is 0 Å². The Kier molecular flexibility index (Phi) is 6.75. The summed E-state index contributed by atoms with van der Waals surface area (Å²) in [5, 5.41) is 0.913. The predicted octanol–water partition coefficient (Wildman–Crippen LogP) is 4.59. The van der Waals surface area contributed by atoms with Gasteiger partial charge in [0.05, 0.1) is 15.3 Å². The maximum atomic E-state index is 13.3. The van der Waals surface area contributed by atoms with Gasteiger partial charge in [-0.1, -0.05) is 44.2 Å². The first-order chi connectivity index (χ1) is 15.1. The van der Waals surface area contributed by atoms with Crippen LogP contribution in [0, 0.1) is 0 Å². The summed E-state index contributed by atoms with van der Waals surface area (Å²) < 4.78 is 31.5. The summed E-state index contributed by atoms with van der Waals surface area (Å²) in [4.78, 5) is 5.40. The molecule has 2 atom stereocenters. The molecule has 0 aliphatic heterocycles. The lowest BCUT2D eigenvalue weighted by molar-refractivity contribution is 0.671. The molecule has 4 aromatic rings. The SMILES string of the molecule is CC(C)c1cccc2c1c(S(=O)NCCc1ccncc1)cn2S(=O)c1ccccc1. The van der Waals surface area contributed by atoms with Gasteiger partial charge in [0.15, 0.2) is 11.0 Å². The summed E-state index contributed by atoms with van der Waals surface area (Å²) >= 11 is 0. The maximum Gasteiger partial charge on any atom is 0.157 e. The van der Waals surface area contributed by atoms with E-state index >= 15 is 0 Å². The van der Waals surface area contributed by atoms with Crippen LogP contribution >= 0.6 is 0 Å². The molecule has 31 heavy (non-hydrogen) atoms. The minimum absolute atomic E-state index is 0.247. The molecule has 0 amide bonds. The van der Waals surface area contributed by atoms with E-state index in [4.69, 9.17) is 0 Å². The molecule has 0 spiro atoms. The van der Waals surface area contributed by atoms with Crippen molar-refractivity contribution in [2.75, 3.05) is 6.54 Å². The van der Waals surface area contributed by atoms with Crippen LogP contribution in [0.1, 0.15) is 30.9 Å². The molecule has 0 radical (unpaired) electrons. The van der Waals surface area contributed by atoms with Crippen molar-refractivity contribution in [3.05, 3.63) is 90.4 Å². The molecule has 7 heteroatoms. The van der Waals surface area contributed by atoms with E-state index in [1.54, 1.807) is 22.6 Å². The lowest BCUT2D eigenvalue weighted by atomic mass is 9.99. The van der Waals surface area contributed by atoms with E-state index in [2.05, 4.69) is 29.6 Å². The van der Waals surface area contributed by atoms with E-state index in [-0.39, 0.29) is 5.92 Å². The fraction of sp³-hybridized carbons (Fsp3) is 0.208. The highest BCUT2D eigenvalue weighted by molar-refractivity contribution is 7.84. The van der Waals surface area contributed by atoms with E-state index in [1.807, 2.05) is 54.6 Å². The van der Waals surface area contributed by atoms with Crippen molar-refractivity contribution >= 4 is 32.9 Å². The van der Waals surface area contributed by atoms with Gasteiger partial charge in [0.1, 0.15) is 11.0 Å². The Bertz CT molecular complexity index is 1220. The molecule has 1 N–H and O–H groups in total. The summed E-state index contributed by atoms with van der Waals surface area (Å²) in [7, 11) is -2.86. The van der Waals surface area contributed by atoms with E-state index < -0.39 is 22.0 Å². The number of pyridine rings is 1. The van der Waals surface area contributed by atoms with Gasteiger partial charge in [0.2, 0.25) is 0 Å². The molecule has 0 aliphatic carbocycles. The zero-order valence-corrected chi connectivity index (χ0v) is 19.2. The number of hydrogen-bond donors (Lipinski definition) is 1. The minimum Gasteiger partial charge on any atom is -0.265 e. The van der Waals surface area contributed by atoms with Crippen molar-refractivity contribution in [3.63, 3.8) is 0 Å². The Labute approximate surface area is 187 Å². The number of nitrogens with one attached hydrogen (secondary N) is 1. The van der Waals surface area contributed by atoms with Crippen LogP contribution < -0.4 is 4.72 Å². The first kappa shape index (κ1) is 21.6. The van der Waals surface area contributed by atoms with Crippen LogP contribution in [0.4, 0.5) is 0 Å². The van der Waals surface area contributed by atoms with Crippen LogP contribution in [0.2, 0.25) is 0 Å². The van der Waals surface area contributed by atoms with Gasteiger partial charge in [-0.15, -0.1) is 0 Å². The molecule has 5 nitrogen and oxygen atoms in total. The van der Waals surface area contributed by atoms with E-state index in [0.717, 1.165) is 28.5 Å². The zero-order chi connectivity index (χ0) is 21.8. The molecule has 0 aliphatic rings. The Morgan fingerprint density at radius 3 is 2.42 bits per heavy atom. The third-order valence-electron chi connectivity index (χ3n) is 5.13. The van der Waals surface area contributed by atoms with Crippen LogP contribution in [0.5, 0.6) is 0 Å². The summed E-state index contributed by atoms with van der Waals surface area (Å²) in [5.41, 5.74) is 3.06. The van der Waals surface area contributed by atoms with Crippen LogP contribution in [-0.2, 0) is 28.4 Å². The second-order valence-corrected chi connectivity index (χ2v) is 10.2. The first-order valence-corrected chi connectivity index (χ1v) is 12.5. The first-order valence-electron chi connectivity index (χ1n) is 10.2. The zero-order valence-electron chi connectivity index (χ0n) is 17.5. The van der Waals surface area contributed by atoms with Crippen LogP contribution in [0.25, 0.3) is 10.9 Å². The van der Waals surface area contributed by atoms with Gasteiger partial charge in [0, 0.05) is 30.5 Å². The highest BCUT2D eigenvalue weighted by Crippen LogP contribution is 2.33. The van der Waals surface area contributed by atoms with Crippen molar-refractivity contribution in [2.24, 2.45) is 0 Å². The van der Waals surface area contributed by atoms with Crippen LogP contribution in [0.3, 0.4) is 0 Å². The van der Waals surface area contributed by atoms with E-state index in [9.17, 15) is 8.42 Å². The molecule has 2 unspecified atom stereocenters. The standard InChI is InChI=1S/C24H25N3O2S2/c1-18(2)21-9-6-10-22-24(21)23(17-27(22)31(29)20-7-4-3-5-8-20)30(28)26-16-13-19-11-14-25-15-12-19/h3-12,14-15,17-18,26H,13,16H2,1-2H3. The van der Waals surface area contributed by atoms with Gasteiger partial charge < -0.3 is 0 Å². The monoisotopic (exact) mass is 451 g/mol. The second-order valence-electron chi connectivity index (χ2n) is 7.55. The second kappa shape index (κ2) is 9.68. The lowest BCUT2D eigenvalue weighted by Gasteiger charge is -2.10. The van der Waals surface area contributed by atoms with Crippen molar-refractivity contribution in [3.8, 4) is 0 Å². The molecule has 2 aromatic carbocycles. The highest BCUT2D eigenvalue weighted by Gasteiger charge is 2.21. The predicted molar refractivity (Wildman–Crippen MR) is 127 cm³/mol. The molecular formula is C24H25N3O2S2. The molecule has 0 fully saturated rings. The van der Waals surface area contributed by atoms with Gasteiger partial charge in [-0.25, -0.2) is 13.1 Å². The van der Waals surface area contributed by atoms with Crippen LogP contribution in [0.15, 0.2) is 89.0 Å². The normalized spacial score (nSPS) is 13.5. The van der Waals surface area contributed by atoms with Crippen molar-refractivity contribution < 1.29 is 8.42 Å². The van der Waals surface area contributed by atoms with E-state index in [1.165, 1.54) is 0 Å². The quantitative estimate of drug-likeness (QED) is 0.426. The van der Waals surface area contributed by atoms with Crippen LogP contribution in [-0.4, -0.2) is 23.9 Å². The smallest absolute Gasteiger partial charge is 0.157 e. The molecule has 0 bridgehead atoms. The summed E-state index contributed by atoms with van der Waals surface area (Å²) in [6.07, 6.45) is 6.04. The summed E-state index contributed by atoms with van der Waals surface area (Å²) in [5.74, 6) is 0.247. The topological polar surface area (TPSA) is 64.0 Å². The molecule has 2 heterocycles. The summed E-state index contributed by atoms with van der Waals surface area (Å²) in [6, 6.07) is 19.2. The van der Waals surface area contributed by atoms with Gasteiger partial charge in [-0.05, 0) is 53.8 Å². The number of fused-ring (bicyclic) bond motifs is 1. The average molecular weight is 452 g/mol. The maximum absolute atomic E-state index is 13.3. The van der Waals surface area contributed by atoms with Gasteiger partial charge in [-0.3, -0.25) is 8.96 Å². The Morgan fingerprint density at radius 2 is 1.71 bits per heavy atom. The molecule has 0 saturated carbocycles. The van der Waals surface area contributed by atoms with Crippen molar-refractivity contribution in [1.82, 2.24) is 13.7 Å². The largest absolute Gasteiger partial charge is 0.265 e. The minimum atomic E-state index is -1.43. The summed E-state index contributed by atoms with van der Waals surface area (Å²) in [6.45, 7) is 4.79. The fourth-order valence-corrected chi connectivity index (χ4v) is 5.84. The number of aromatic nitrogens is 2. The third kappa shape index (κ3) is 4.69. The molecular weight excluding hydrogens is 426 g/mol. The third-order valence-corrected chi connectivity index (χ3v) is 7.64. The van der Waals surface area contributed by atoms with Gasteiger partial charge in [-0.2, -0.15) is 0 Å². The molecule has 4 rings (SSSR count). The van der Waals surface area contributed by atoms with E-state index in [0.29, 0.717) is 16.3 Å². The molecule has 0 saturated heterocycles. The van der Waals surface area contributed by atoms with Crippen molar-refractivity contribution in [1.29, 1.82) is 0 Å². The number of rotatable bonds is 8. The lowest BCUT2D eigenvalue weighted by Crippen LogP contribution is -2.20. The molecule has 160 valence electrons. The average Bonchev–Trinajstić information content (AvgIpc) is 3.19.